The lowest BCUT2D eigenvalue weighted by molar-refractivity contribution is -0.121. The summed E-state index contributed by atoms with van der Waals surface area (Å²) in [6.45, 7) is 6.41. The van der Waals surface area contributed by atoms with Gasteiger partial charge in [-0.15, -0.1) is 0 Å². The second-order valence-corrected chi connectivity index (χ2v) is 8.39. The minimum atomic E-state index is -0.564. The number of carbonyl (C=O) groups excluding carboxylic acids is 2. The van der Waals surface area contributed by atoms with Gasteiger partial charge >= 0.3 is 6.09 Å². The number of anilines is 1. The van der Waals surface area contributed by atoms with Crippen molar-refractivity contribution in [3.63, 3.8) is 0 Å². The van der Waals surface area contributed by atoms with E-state index in [0.29, 0.717) is 42.6 Å². The highest BCUT2D eigenvalue weighted by Gasteiger charge is 2.31. The largest absolute Gasteiger partial charge is 0.493 e. The molecular weight excluding hydrogens is 398 g/mol. The summed E-state index contributed by atoms with van der Waals surface area (Å²) in [4.78, 5) is 30.9. The van der Waals surface area contributed by atoms with Crippen LogP contribution in [0.5, 0.6) is 17.4 Å². The summed E-state index contributed by atoms with van der Waals surface area (Å²) in [5, 5.41) is 2.87. The van der Waals surface area contributed by atoms with Crippen molar-refractivity contribution in [2.75, 3.05) is 25.5 Å². The average Bonchev–Trinajstić information content (AvgIpc) is 2.74. The molecule has 0 bridgehead atoms. The minimum Gasteiger partial charge on any atom is -0.493 e. The van der Waals surface area contributed by atoms with Crippen molar-refractivity contribution < 1.29 is 23.8 Å². The maximum absolute atomic E-state index is 12.7. The summed E-state index contributed by atoms with van der Waals surface area (Å²) in [5.74, 6) is 1.10. The molecule has 1 aromatic carbocycles. The highest BCUT2D eigenvalue weighted by Crippen LogP contribution is 2.30. The topological polar surface area (TPSA) is 90.0 Å². The molecule has 1 fully saturated rings. The van der Waals surface area contributed by atoms with Crippen LogP contribution in [-0.2, 0) is 9.53 Å². The maximum Gasteiger partial charge on any atom is 0.410 e. The van der Waals surface area contributed by atoms with Gasteiger partial charge in [0.05, 0.1) is 24.9 Å². The van der Waals surface area contributed by atoms with Gasteiger partial charge in [0, 0.05) is 19.2 Å². The molecule has 1 aliphatic heterocycles. The molecule has 8 nitrogen and oxygen atoms in total. The third-order valence-corrected chi connectivity index (χ3v) is 4.73. The molecule has 3 rings (SSSR count). The molecular formula is C23H29N3O5. The van der Waals surface area contributed by atoms with E-state index in [9.17, 15) is 9.59 Å². The smallest absolute Gasteiger partial charge is 0.410 e. The molecule has 8 heteroatoms. The zero-order valence-electron chi connectivity index (χ0n) is 18.4. The molecule has 1 aliphatic rings. The quantitative estimate of drug-likeness (QED) is 0.757. The lowest BCUT2D eigenvalue weighted by Gasteiger charge is -2.33. The van der Waals surface area contributed by atoms with E-state index in [0.717, 1.165) is 6.42 Å². The molecule has 31 heavy (non-hydrogen) atoms. The third kappa shape index (κ3) is 6.34. The number of hydrogen-bond acceptors (Lipinski definition) is 6. The highest BCUT2D eigenvalue weighted by atomic mass is 16.6. The van der Waals surface area contributed by atoms with Crippen molar-refractivity contribution in [3.05, 3.63) is 42.6 Å². The minimum absolute atomic E-state index is 0.145. The number of aromatic nitrogens is 1. The Morgan fingerprint density at radius 3 is 2.52 bits per heavy atom. The number of likely N-dealkylation sites (tertiary alicyclic amines) is 1. The molecule has 1 N–H and O–H groups in total. The first-order valence-electron chi connectivity index (χ1n) is 10.3. The van der Waals surface area contributed by atoms with Crippen LogP contribution in [-0.4, -0.2) is 47.7 Å². The predicted molar refractivity (Wildman–Crippen MR) is 116 cm³/mol. The molecule has 2 amide bonds. The standard InChI is InChI=1S/C23H29N3O5/c1-23(2,3)31-22(28)26-13-7-8-16(15-26)21(27)25-17-11-12-20(24-14-17)30-19-10-6-5-9-18(19)29-4/h5-6,9-12,14,16H,7-8,13,15H2,1-4H3,(H,25,27). The summed E-state index contributed by atoms with van der Waals surface area (Å²) in [5.41, 5.74) is -0.00213. The first-order valence-corrected chi connectivity index (χ1v) is 10.3. The zero-order valence-corrected chi connectivity index (χ0v) is 18.4. The van der Waals surface area contributed by atoms with Crippen LogP contribution in [0, 0.1) is 5.92 Å². The van der Waals surface area contributed by atoms with Crippen LogP contribution in [0.1, 0.15) is 33.6 Å². The highest BCUT2D eigenvalue weighted by molar-refractivity contribution is 5.92. The van der Waals surface area contributed by atoms with Gasteiger partial charge in [-0.25, -0.2) is 9.78 Å². The average molecular weight is 428 g/mol. The number of methoxy groups -OCH3 is 1. The van der Waals surface area contributed by atoms with E-state index >= 15 is 0 Å². The van der Waals surface area contributed by atoms with Gasteiger partial charge in [0.1, 0.15) is 5.60 Å². The summed E-state index contributed by atoms with van der Waals surface area (Å²) in [6.07, 6.45) is 2.62. The molecule has 1 atom stereocenters. The first-order chi connectivity index (χ1) is 14.7. The van der Waals surface area contributed by atoms with Crippen LogP contribution in [0.25, 0.3) is 0 Å². The predicted octanol–water partition coefficient (Wildman–Crippen LogP) is 4.47. The summed E-state index contributed by atoms with van der Waals surface area (Å²) in [7, 11) is 1.57. The molecule has 1 aromatic heterocycles. The number of nitrogens with one attached hydrogen (secondary N) is 1. The Morgan fingerprint density at radius 2 is 1.87 bits per heavy atom. The van der Waals surface area contributed by atoms with Gasteiger partial charge in [-0.05, 0) is 51.8 Å². The van der Waals surface area contributed by atoms with Gasteiger partial charge in [0.15, 0.2) is 11.5 Å². The van der Waals surface area contributed by atoms with Crippen molar-refractivity contribution in [3.8, 4) is 17.4 Å². The van der Waals surface area contributed by atoms with Crippen molar-refractivity contribution in [1.82, 2.24) is 9.88 Å². The van der Waals surface area contributed by atoms with Gasteiger partial charge in [0.2, 0.25) is 11.8 Å². The SMILES string of the molecule is COc1ccccc1Oc1ccc(NC(=O)C2CCCN(C(=O)OC(C)(C)C)C2)cn1. The number of para-hydroxylation sites is 2. The second-order valence-electron chi connectivity index (χ2n) is 8.39. The number of amides is 2. The molecule has 0 spiro atoms. The molecule has 0 aliphatic carbocycles. The van der Waals surface area contributed by atoms with Crippen LogP contribution in [0.4, 0.5) is 10.5 Å². The van der Waals surface area contributed by atoms with E-state index in [1.807, 2.05) is 32.9 Å². The van der Waals surface area contributed by atoms with E-state index in [-0.39, 0.29) is 17.9 Å². The van der Waals surface area contributed by atoms with Crippen LogP contribution in [0.3, 0.4) is 0 Å². The van der Waals surface area contributed by atoms with Crippen molar-refractivity contribution in [1.29, 1.82) is 0 Å². The van der Waals surface area contributed by atoms with E-state index in [1.54, 1.807) is 36.3 Å². The molecule has 0 saturated carbocycles. The number of hydrogen-bond donors (Lipinski definition) is 1. The number of rotatable bonds is 5. The number of ether oxygens (including phenoxy) is 3. The van der Waals surface area contributed by atoms with Crippen molar-refractivity contribution in [2.45, 2.75) is 39.2 Å². The molecule has 0 radical (unpaired) electrons. The van der Waals surface area contributed by atoms with Crippen molar-refractivity contribution in [2.24, 2.45) is 5.92 Å². The van der Waals surface area contributed by atoms with Gasteiger partial charge in [-0.3, -0.25) is 4.79 Å². The molecule has 2 heterocycles. The van der Waals surface area contributed by atoms with Gasteiger partial charge in [0.25, 0.3) is 0 Å². The monoisotopic (exact) mass is 427 g/mol. The molecule has 2 aromatic rings. The van der Waals surface area contributed by atoms with Gasteiger partial charge < -0.3 is 24.4 Å². The molecule has 1 saturated heterocycles. The summed E-state index contributed by atoms with van der Waals surface area (Å²) < 4.78 is 16.4. The fraction of sp³-hybridized carbons (Fsp3) is 0.435. The summed E-state index contributed by atoms with van der Waals surface area (Å²) >= 11 is 0. The fourth-order valence-corrected chi connectivity index (χ4v) is 3.26. The fourth-order valence-electron chi connectivity index (χ4n) is 3.26. The number of carbonyl (C=O) groups is 2. The lowest BCUT2D eigenvalue weighted by atomic mass is 9.97. The normalized spacial score (nSPS) is 16.4. The third-order valence-electron chi connectivity index (χ3n) is 4.73. The van der Waals surface area contributed by atoms with Crippen LogP contribution in [0.15, 0.2) is 42.6 Å². The Balaban J connectivity index is 1.57. The Hall–Kier alpha value is -3.29. The van der Waals surface area contributed by atoms with Gasteiger partial charge in [-0.1, -0.05) is 12.1 Å². The lowest BCUT2D eigenvalue weighted by Crippen LogP contribution is -2.45. The van der Waals surface area contributed by atoms with Gasteiger partial charge in [-0.2, -0.15) is 0 Å². The number of benzene rings is 1. The number of nitrogens with zero attached hydrogens (tertiary/aromatic N) is 2. The van der Waals surface area contributed by atoms with Crippen LogP contribution < -0.4 is 14.8 Å². The molecule has 1 unspecified atom stereocenters. The Morgan fingerprint density at radius 1 is 1.13 bits per heavy atom. The van der Waals surface area contributed by atoms with E-state index in [4.69, 9.17) is 14.2 Å². The van der Waals surface area contributed by atoms with Crippen LogP contribution in [0.2, 0.25) is 0 Å². The summed E-state index contributed by atoms with van der Waals surface area (Å²) in [6, 6.07) is 10.7. The second kappa shape index (κ2) is 9.68. The zero-order chi connectivity index (χ0) is 22.4. The Bertz CT molecular complexity index is 908. The van der Waals surface area contributed by atoms with Crippen LogP contribution >= 0.6 is 0 Å². The van der Waals surface area contributed by atoms with E-state index in [2.05, 4.69) is 10.3 Å². The number of piperidine rings is 1. The number of pyridine rings is 1. The Kier molecular flexibility index (Phi) is 6.99. The maximum atomic E-state index is 12.7. The van der Waals surface area contributed by atoms with E-state index < -0.39 is 5.60 Å². The molecule has 166 valence electrons. The van der Waals surface area contributed by atoms with E-state index in [1.165, 1.54) is 6.20 Å². The first kappa shape index (κ1) is 22.4. The Labute approximate surface area is 182 Å². The van der Waals surface area contributed by atoms with Crippen molar-refractivity contribution >= 4 is 17.7 Å².